The molecule has 0 fully saturated rings. The molecule has 1 rings (SSSR count). The van der Waals surface area contributed by atoms with Gasteiger partial charge in [0.25, 0.3) is 0 Å². The predicted molar refractivity (Wildman–Crippen MR) is 48.1 cm³/mol. The maximum absolute atomic E-state index is 11.1. The lowest BCUT2D eigenvalue weighted by atomic mass is 10.2. The summed E-state index contributed by atoms with van der Waals surface area (Å²) >= 11 is 0. The van der Waals surface area contributed by atoms with Crippen molar-refractivity contribution < 1.29 is 9.53 Å². The van der Waals surface area contributed by atoms with E-state index in [1.165, 1.54) is 14.0 Å². The van der Waals surface area contributed by atoms with Gasteiger partial charge in [-0.2, -0.15) is 4.98 Å². The van der Waals surface area contributed by atoms with Crippen LogP contribution in [0.3, 0.4) is 0 Å². The van der Waals surface area contributed by atoms with Crippen LogP contribution in [0, 0.1) is 13.8 Å². The third kappa shape index (κ3) is 1.83. The number of aryl methyl sites for hydroxylation is 1. The molecular weight excluding hydrogens is 168 g/mol. The molecule has 0 saturated carbocycles. The minimum Gasteiger partial charge on any atom is -0.481 e. The maximum atomic E-state index is 11.1. The third-order valence-corrected chi connectivity index (χ3v) is 1.74. The highest BCUT2D eigenvalue weighted by Crippen LogP contribution is 2.17. The number of hydrogen-bond donors (Lipinski definition) is 0. The molecule has 0 aliphatic rings. The van der Waals surface area contributed by atoms with Gasteiger partial charge >= 0.3 is 0 Å². The average Bonchev–Trinajstić information content (AvgIpc) is 2.08. The van der Waals surface area contributed by atoms with E-state index in [1.807, 2.05) is 0 Å². The van der Waals surface area contributed by atoms with Crippen LogP contribution in [0.15, 0.2) is 0 Å². The van der Waals surface area contributed by atoms with E-state index in [4.69, 9.17) is 4.74 Å². The fraction of sp³-hybridized carbons (Fsp3) is 0.444. The molecule has 0 saturated heterocycles. The lowest BCUT2D eigenvalue weighted by Gasteiger charge is -2.06. The summed E-state index contributed by atoms with van der Waals surface area (Å²) in [6, 6.07) is 0. The van der Waals surface area contributed by atoms with Gasteiger partial charge in [-0.15, -0.1) is 0 Å². The molecule has 70 valence electrons. The Kier molecular flexibility index (Phi) is 2.60. The summed E-state index contributed by atoms with van der Waals surface area (Å²) in [7, 11) is 1.53. The highest BCUT2D eigenvalue weighted by Gasteiger charge is 2.12. The van der Waals surface area contributed by atoms with Crippen molar-refractivity contribution in [1.82, 2.24) is 9.97 Å². The minimum absolute atomic E-state index is 0.0682. The van der Waals surface area contributed by atoms with Crippen LogP contribution in [0.4, 0.5) is 0 Å². The summed E-state index contributed by atoms with van der Waals surface area (Å²) in [4.78, 5) is 19.2. The third-order valence-electron chi connectivity index (χ3n) is 1.74. The van der Waals surface area contributed by atoms with Crippen LogP contribution in [0.2, 0.25) is 0 Å². The van der Waals surface area contributed by atoms with Crippen LogP contribution in [0.25, 0.3) is 0 Å². The van der Waals surface area contributed by atoms with Crippen molar-refractivity contribution in [3.63, 3.8) is 0 Å². The minimum atomic E-state index is -0.0682. The Hall–Kier alpha value is -1.45. The molecule has 1 aromatic heterocycles. The van der Waals surface area contributed by atoms with Gasteiger partial charge in [-0.1, -0.05) is 0 Å². The summed E-state index contributed by atoms with van der Waals surface area (Å²) in [5, 5.41) is 0. The smallest absolute Gasteiger partial charge is 0.220 e. The Bertz CT molecular complexity index is 348. The highest BCUT2D eigenvalue weighted by atomic mass is 16.5. The van der Waals surface area contributed by atoms with E-state index in [-0.39, 0.29) is 5.78 Å². The number of carbonyl (C=O) groups excluding carboxylic acids is 1. The van der Waals surface area contributed by atoms with E-state index in [1.54, 1.807) is 13.8 Å². The van der Waals surface area contributed by atoms with E-state index < -0.39 is 0 Å². The van der Waals surface area contributed by atoms with Crippen LogP contribution in [0.1, 0.15) is 28.8 Å². The van der Waals surface area contributed by atoms with Gasteiger partial charge < -0.3 is 4.74 Å². The summed E-state index contributed by atoms with van der Waals surface area (Å²) in [5.41, 5.74) is 1.13. The normalized spacial score (nSPS) is 9.85. The molecule has 0 unspecified atom stereocenters. The van der Waals surface area contributed by atoms with Gasteiger partial charge in [-0.05, 0) is 13.8 Å². The van der Waals surface area contributed by atoms with Crippen LogP contribution in [-0.2, 0) is 0 Å². The fourth-order valence-electron chi connectivity index (χ4n) is 1.14. The molecule has 0 aromatic carbocycles. The quantitative estimate of drug-likeness (QED) is 0.644. The van der Waals surface area contributed by atoms with Gasteiger partial charge in [-0.3, -0.25) is 4.79 Å². The van der Waals surface area contributed by atoms with Crippen molar-refractivity contribution >= 4 is 5.78 Å². The monoisotopic (exact) mass is 180 g/mol. The molecule has 0 bridgehead atoms. The number of nitrogens with zero attached hydrogens (tertiary/aromatic N) is 2. The summed E-state index contributed by atoms with van der Waals surface area (Å²) in [5.74, 6) is 0.951. The number of ketones is 1. The molecule has 0 atom stereocenters. The largest absolute Gasteiger partial charge is 0.481 e. The molecular formula is C9H12N2O2. The van der Waals surface area contributed by atoms with Crippen molar-refractivity contribution in [3.8, 4) is 5.88 Å². The average molecular weight is 180 g/mol. The van der Waals surface area contributed by atoms with Crippen molar-refractivity contribution in [2.45, 2.75) is 20.8 Å². The number of carbonyl (C=O) groups is 1. The first-order valence-electron chi connectivity index (χ1n) is 3.96. The number of rotatable bonds is 2. The van der Waals surface area contributed by atoms with Crippen molar-refractivity contribution in [3.05, 3.63) is 17.1 Å². The predicted octanol–water partition coefficient (Wildman–Crippen LogP) is 1.30. The summed E-state index contributed by atoms with van der Waals surface area (Å²) < 4.78 is 5.01. The van der Waals surface area contributed by atoms with Gasteiger partial charge in [0.05, 0.1) is 7.11 Å². The molecule has 0 amide bonds. The first-order valence-corrected chi connectivity index (χ1v) is 3.96. The highest BCUT2D eigenvalue weighted by molar-refractivity contribution is 5.93. The van der Waals surface area contributed by atoms with E-state index in [2.05, 4.69) is 9.97 Å². The van der Waals surface area contributed by atoms with Crippen molar-refractivity contribution in [1.29, 1.82) is 0 Å². The molecule has 0 spiro atoms. The fourth-order valence-corrected chi connectivity index (χ4v) is 1.14. The molecule has 1 aromatic rings. The van der Waals surface area contributed by atoms with Crippen LogP contribution >= 0.6 is 0 Å². The first kappa shape index (κ1) is 9.64. The topological polar surface area (TPSA) is 52.1 Å². The standard InChI is InChI=1S/C9H12N2O2/c1-5-8(6(2)12)10-7(3)11-9(5)13-4/h1-4H3. The van der Waals surface area contributed by atoms with Gasteiger partial charge in [0, 0.05) is 12.5 Å². The lowest BCUT2D eigenvalue weighted by Crippen LogP contribution is -2.06. The van der Waals surface area contributed by atoms with Crippen molar-refractivity contribution in [2.24, 2.45) is 0 Å². The molecule has 13 heavy (non-hydrogen) atoms. The second-order valence-electron chi connectivity index (χ2n) is 2.81. The maximum Gasteiger partial charge on any atom is 0.220 e. The Balaban J connectivity index is 3.35. The van der Waals surface area contributed by atoms with Gasteiger partial charge in [0.15, 0.2) is 5.78 Å². The lowest BCUT2D eigenvalue weighted by molar-refractivity contribution is 0.101. The zero-order valence-electron chi connectivity index (χ0n) is 8.21. The molecule has 4 nitrogen and oxygen atoms in total. The van der Waals surface area contributed by atoms with Gasteiger partial charge in [0.1, 0.15) is 11.5 Å². The van der Waals surface area contributed by atoms with E-state index in [0.29, 0.717) is 23.0 Å². The Morgan fingerprint density at radius 3 is 2.38 bits per heavy atom. The summed E-state index contributed by atoms with van der Waals surface area (Å²) in [6.45, 7) is 4.98. The number of aromatic nitrogens is 2. The molecule has 1 heterocycles. The molecule has 0 aliphatic carbocycles. The number of Topliss-reactive ketones (excluding diaryl/α,β-unsaturated/α-hetero) is 1. The molecule has 4 heteroatoms. The number of ether oxygens (including phenoxy) is 1. The van der Waals surface area contributed by atoms with Crippen LogP contribution < -0.4 is 4.74 Å². The second-order valence-corrected chi connectivity index (χ2v) is 2.81. The Morgan fingerprint density at radius 2 is 1.92 bits per heavy atom. The molecule has 0 radical (unpaired) electrons. The molecule has 0 aliphatic heterocycles. The van der Waals surface area contributed by atoms with E-state index in [9.17, 15) is 4.79 Å². The zero-order chi connectivity index (χ0) is 10.0. The number of methoxy groups -OCH3 is 1. The zero-order valence-corrected chi connectivity index (χ0v) is 8.21. The van der Waals surface area contributed by atoms with Crippen LogP contribution in [-0.4, -0.2) is 22.9 Å². The Morgan fingerprint density at radius 1 is 1.31 bits per heavy atom. The van der Waals surface area contributed by atoms with Gasteiger partial charge in [-0.25, -0.2) is 4.98 Å². The first-order chi connectivity index (χ1) is 6.06. The van der Waals surface area contributed by atoms with Gasteiger partial charge in [0.2, 0.25) is 5.88 Å². The van der Waals surface area contributed by atoms with Crippen LogP contribution in [0.5, 0.6) is 5.88 Å². The van der Waals surface area contributed by atoms with E-state index >= 15 is 0 Å². The summed E-state index contributed by atoms with van der Waals surface area (Å²) in [6.07, 6.45) is 0. The second kappa shape index (κ2) is 3.51. The Labute approximate surface area is 77.0 Å². The van der Waals surface area contributed by atoms with Crippen molar-refractivity contribution in [2.75, 3.05) is 7.11 Å². The van der Waals surface area contributed by atoms with E-state index in [0.717, 1.165) is 0 Å². The number of hydrogen-bond acceptors (Lipinski definition) is 4. The molecule has 0 N–H and O–H groups in total. The SMILES string of the molecule is COc1nc(C)nc(C(C)=O)c1C.